The number of anilines is 2. The molecule has 5 N–H and O–H groups in total. The van der Waals surface area contributed by atoms with Crippen molar-refractivity contribution in [1.82, 2.24) is 19.9 Å². The van der Waals surface area contributed by atoms with Crippen molar-refractivity contribution in [3.63, 3.8) is 0 Å². The second-order valence-corrected chi connectivity index (χ2v) is 12.0. The molecular weight excluding hydrogens is 588 g/mol. The number of amides is 2. The molecule has 0 spiro atoms. The van der Waals surface area contributed by atoms with E-state index in [1.54, 1.807) is 18.3 Å². The highest BCUT2D eigenvalue weighted by molar-refractivity contribution is 5.94. The van der Waals surface area contributed by atoms with Crippen LogP contribution < -0.4 is 16.4 Å². The van der Waals surface area contributed by atoms with Gasteiger partial charge in [0.15, 0.2) is 5.82 Å². The number of fused-ring (bicyclic) bond motifs is 5. The summed E-state index contributed by atoms with van der Waals surface area (Å²) in [4.78, 5) is 33.2. The van der Waals surface area contributed by atoms with Gasteiger partial charge in [0.2, 0.25) is 5.91 Å². The third-order valence-corrected chi connectivity index (χ3v) is 9.25. The molecule has 1 aliphatic carbocycles. The van der Waals surface area contributed by atoms with Crippen molar-refractivity contribution in [2.24, 2.45) is 5.73 Å². The van der Waals surface area contributed by atoms with Crippen molar-refractivity contribution in [2.45, 2.75) is 24.8 Å². The van der Waals surface area contributed by atoms with Crippen LogP contribution >= 0.6 is 0 Å². The molecule has 6 aromatic rings. The lowest BCUT2D eigenvalue weighted by Gasteiger charge is -2.42. The van der Waals surface area contributed by atoms with Crippen molar-refractivity contribution in [3.8, 4) is 50.7 Å². The first-order chi connectivity index (χ1) is 22.9. The molecule has 2 aliphatic rings. The standard InChI is InChI=1S/C38H30N6O3/c39-34(45)27-14-10-24(11-15-27)23-8-12-25(13-9-23)32-33(26-16-18-28(19-17-26)38(20-4-21-38)43-37(46)47)44-31-7-3-22-40-35(31)41-30-6-2-1-5-29(30)36(44)42-32/h1-3,5-19,22,43H,4,20-21H2,(H2,39,45)(H,40,41)(H,46,47). The number of carbonyl (C=O) groups excluding carboxylic acids is 1. The van der Waals surface area contributed by atoms with Crippen LogP contribution in [0, 0.1) is 0 Å². The van der Waals surface area contributed by atoms with E-state index in [1.807, 2.05) is 54.6 Å². The lowest BCUT2D eigenvalue weighted by atomic mass is 9.71. The van der Waals surface area contributed by atoms with E-state index in [-0.39, 0.29) is 0 Å². The second kappa shape index (κ2) is 11.0. The van der Waals surface area contributed by atoms with Crippen LogP contribution in [0.3, 0.4) is 0 Å². The van der Waals surface area contributed by atoms with E-state index in [9.17, 15) is 14.7 Å². The minimum absolute atomic E-state index is 0.457. The van der Waals surface area contributed by atoms with Crippen molar-refractivity contribution in [3.05, 3.63) is 127 Å². The molecule has 2 aromatic heterocycles. The van der Waals surface area contributed by atoms with Crippen LogP contribution in [0.4, 0.5) is 16.3 Å². The van der Waals surface area contributed by atoms with Crippen LogP contribution in [-0.2, 0) is 5.54 Å². The Balaban J connectivity index is 1.30. The number of nitrogens with one attached hydrogen (secondary N) is 2. The summed E-state index contributed by atoms with van der Waals surface area (Å²) >= 11 is 0. The first-order valence-electron chi connectivity index (χ1n) is 15.5. The number of carboxylic acid groups (broad SMARTS) is 1. The largest absolute Gasteiger partial charge is 0.465 e. The van der Waals surface area contributed by atoms with Gasteiger partial charge in [-0.25, -0.2) is 14.8 Å². The first-order valence-corrected chi connectivity index (χ1v) is 15.5. The highest BCUT2D eigenvalue weighted by atomic mass is 16.4. The SMILES string of the molecule is NC(=O)c1ccc(-c2ccc(-c3nc4n(c3-c3ccc(C5(NC(=O)O)CCC5)cc3)-c3cccnc3Nc3ccccc3-4)cc2)cc1. The molecule has 0 radical (unpaired) electrons. The number of imidazole rings is 1. The summed E-state index contributed by atoms with van der Waals surface area (Å²) in [5.74, 6) is 1.04. The summed E-state index contributed by atoms with van der Waals surface area (Å²) in [6.45, 7) is 0. The fraction of sp³-hybridized carbons (Fsp3) is 0.105. The molecule has 8 rings (SSSR count). The minimum Gasteiger partial charge on any atom is -0.465 e. The van der Waals surface area contributed by atoms with Gasteiger partial charge < -0.3 is 21.5 Å². The molecule has 0 atom stereocenters. The van der Waals surface area contributed by atoms with E-state index in [0.717, 1.165) is 81.2 Å². The third-order valence-electron chi connectivity index (χ3n) is 9.25. The maximum Gasteiger partial charge on any atom is 0.405 e. The number of hydrogen-bond donors (Lipinski definition) is 4. The Labute approximate surface area is 270 Å². The van der Waals surface area contributed by atoms with Gasteiger partial charge in [0.1, 0.15) is 5.82 Å². The number of benzene rings is 4. The van der Waals surface area contributed by atoms with Crippen LogP contribution in [0.15, 0.2) is 115 Å². The van der Waals surface area contributed by atoms with E-state index in [4.69, 9.17) is 15.7 Å². The number of hydrogen-bond acceptors (Lipinski definition) is 5. The number of para-hydroxylation sites is 1. The minimum atomic E-state index is -1.01. The summed E-state index contributed by atoms with van der Waals surface area (Å²) in [6.07, 6.45) is 3.27. The molecule has 47 heavy (non-hydrogen) atoms. The molecule has 2 amide bonds. The quantitative estimate of drug-likeness (QED) is 0.151. The number of pyridine rings is 1. The first kappa shape index (κ1) is 28.3. The van der Waals surface area contributed by atoms with E-state index >= 15 is 0 Å². The molecule has 230 valence electrons. The molecule has 9 heteroatoms. The molecule has 1 fully saturated rings. The van der Waals surface area contributed by atoms with E-state index in [2.05, 4.69) is 57.7 Å². The van der Waals surface area contributed by atoms with Gasteiger partial charge in [0, 0.05) is 28.5 Å². The predicted molar refractivity (Wildman–Crippen MR) is 182 cm³/mol. The number of nitrogens with two attached hydrogens (primary N) is 1. The highest BCUT2D eigenvalue weighted by Gasteiger charge is 2.40. The van der Waals surface area contributed by atoms with Gasteiger partial charge in [0.25, 0.3) is 0 Å². The Bertz CT molecular complexity index is 2170. The van der Waals surface area contributed by atoms with Crippen LogP contribution in [0.1, 0.15) is 35.2 Å². The number of rotatable bonds is 6. The maximum atomic E-state index is 11.7. The summed E-state index contributed by atoms with van der Waals surface area (Å²) in [5.41, 5.74) is 14.5. The second-order valence-electron chi connectivity index (χ2n) is 12.0. The molecular formula is C38H30N6O3. The lowest BCUT2D eigenvalue weighted by molar-refractivity contribution is 0.1000. The highest BCUT2D eigenvalue weighted by Crippen LogP contribution is 2.46. The van der Waals surface area contributed by atoms with Gasteiger partial charge in [-0.2, -0.15) is 0 Å². The summed E-state index contributed by atoms with van der Waals surface area (Å²) < 4.78 is 2.16. The zero-order valence-corrected chi connectivity index (χ0v) is 25.3. The Kier molecular flexibility index (Phi) is 6.61. The molecule has 0 bridgehead atoms. The predicted octanol–water partition coefficient (Wildman–Crippen LogP) is 7.74. The fourth-order valence-corrected chi connectivity index (χ4v) is 6.71. The normalized spacial score (nSPS) is 14.0. The Hall–Kier alpha value is -6.22. The molecule has 4 aromatic carbocycles. The Morgan fingerprint density at radius 3 is 2.13 bits per heavy atom. The van der Waals surface area contributed by atoms with Gasteiger partial charge in [0.05, 0.1) is 28.3 Å². The van der Waals surface area contributed by atoms with E-state index < -0.39 is 17.5 Å². The van der Waals surface area contributed by atoms with Gasteiger partial charge in [-0.3, -0.25) is 9.36 Å². The number of primary amides is 1. The van der Waals surface area contributed by atoms with Crippen molar-refractivity contribution in [1.29, 1.82) is 0 Å². The zero-order valence-electron chi connectivity index (χ0n) is 25.3. The molecule has 3 heterocycles. The molecule has 0 saturated heterocycles. The van der Waals surface area contributed by atoms with Crippen molar-refractivity contribution in [2.75, 3.05) is 5.32 Å². The topological polar surface area (TPSA) is 135 Å². The number of carbonyl (C=O) groups is 2. The Morgan fingerprint density at radius 1 is 0.809 bits per heavy atom. The Morgan fingerprint density at radius 2 is 1.47 bits per heavy atom. The molecule has 0 unspecified atom stereocenters. The zero-order chi connectivity index (χ0) is 32.1. The number of aromatic nitrogens is 3. The summed E-state index contributed by atoms with van der Waals surface area (Å²) in [6, 6.07) is 35.7. The van der Waals surface area contributed by atoms with Gasteiger partial charge in [-0.05, 0) is 72.4 Å². The molecule has 9 nitrogen and oxygen atoms in total. The fourth-order valence-electron chi connectivity index (χ4n) is 6.71. The third kappa shape index (κ3) is 4.80. The van der Waals surface area contributed by atoms with Crippen molar-refractivity contribution >= 4 is 23.5 Å². The van der Waals surface area contributed by atoms with Gasteiger partial charge >= 0.3 is 6.09 Å². The molecule has 1 saturated carbocycles. The monoisotopic (exact) mass is 618 g/mol. The van der Waals surface area contributed by atoms with Crippen LogP contribution in [0.5, 0.6) is 0 Å². The van der Waals surface area contributed by atoms with Crippen LogP contribution in [0.25, 0.3) is 50.7 Å². The average Bonchev–Trinajstić information content (AvgIpc) is 3.41. The van der Waals surface area contributed by atoms with Gasteiger partial charge in [-0.15, -0.1) is 0 Å². The average molecular weight is 619 g/mol. The lowest BCUT2D eigenvalue weighted by Crippen LogP contribution is -2.50. The molecule has 1 aliphatic heterocycles. The van der Waals surface area contributed by atoms with Crippen LogP contribution in [-0.4, -0.2) is 31.6 Å². The summed E-state index contributed by atoms with van der Waals surface area (Å²) in [5, 5.41) is 15.8. The van der Waals surface area contributed by atoms with E-state index in [1.165, 1.54) is 0 Å². The summed E-state index contributed by atoms with van der Waals surface area (Å²) in [7, 11) is 0. The van der Waals surface area contributed by atoms with Crippen molar-refractivity contribution < 1.29 is 14.7 Å². The maximum absolute atomic E-state index is 11.7. The smallest absolute Gasteiger partial charge is 0.405 e. The van der Waals surface area contributed by atoms with E-state index in [0.29, 0.717) is 11.4 Å². The van der Waals surface area contributed by atoms with Gasteiger partial charge in [-0.1, -0.05) is 72.8 Å². The number of nitrogens with zero attached hydrogens (tertiary/aromatic N) is 3. The van der Waals surface area contributed by atoms with Crippen LogP contribution in [0.2, 0.25) is 0 Å².